The summed E-state index contributed by atoms with van der Waals surface area (Å²) in [5, 5.41) is 6.45. The molecule has 2 aromatic carbocycles. The lowest BCUT2D eigenvalue weighted by molar-refractivity contribution is 0.0963. The van der Waals surface area contributed by atoms with E-state index in [1.54, 1.807) is 25.2 Å². The molecule has 2 N–H and O–H groups in total. The van der Waals surface area contributed by atoms with Crippen molar-refractivity contribution in [1.82, 2.24) is 20.3 Å². The van der Waals surface area contributed by atoms with Gasteiger partial charge in [-0.15, -0.1) is 0 Å². The standard InChI is InChI=1S/C21H21ClN6O2/c1-13-8-16(6-7-18(13)22)30-17-10-28(11-17)21-25-12-24-20(27-21)26-15-5-3-4-14(9-15)19(29)23-2/h3-9,12,17H,10-11H2,1-2H3,(H,23,29)(H,24,25,26,27). The van der Waals surface area contributed by atoms with Crippen molar-refractivity contribution in [3.63, 3.8) is 0 Å². The maximum Gasteiger partial charge on any atom is 0.251 e. The molecule has 154 valence electrons. The Balaban J connectivity index is 1.37. The van der Waals surface area contributed by atoms with E-state index >= 15 is 0 Å². The van der Waals surface area contributed by atoms with Crippen LogP contribution >= 0.6 is 11.6 Å². The third-order valence-electron chi connectivity index (χ3n) is 4.73. The van der Waals surface area contributed by atoms with Gasteiger partial charge in [-0.25, -0.2) is 9.97 Å². The van der Waals surface area contributed by atoms with Crippen molar-refractivity contribution >= 4 is 35.1 Å². The van der Waals surface area contributed by atoms with Crippen molar-refractivity contribution in [2.75, 3.05) is 30.4 Å². The molecule has 0 spiro atoms. The van der Waals surface area contributed by atoms with E-state index in [1.807, 2.05) is 36.1 Å². The molecule has 0 saturated carbocycles. The molecule has 1 aromatic heterocycles. The van der Waals surface area contributed by atoms with E-state index in [-0.39, 0.29) is 12.0 Å². The SMILES string of the molecule is CNC(=O)c1cccc(Nc2ncnc(N3CC(Oc4ccc(Cl)c(C)c4)C3)n2)c1. The first-order valence-corrected chi connectivity index (χ1v) is 9.85. The molecule has 0 radical (unpaired) electrons. The van der Waals surface area contributed by atoms with Crippen molar-refractivity contribution in [3.05, 3.63) is 64.9 Å². The molecule has 3 aromatic rings. The second-order valence-corrected chi connectivity index (χ2v) is 7.36. The number of carbonyl (C=O) groups is 1. The fraction of sp³-hybridized carbons (Fsp3) is 0.238. The number of nitrogens with one attached hydrogen (secondary N) is 2. The van der Waals surface area contributed by atoms with E-state index in [2.05, 4.69) is 25.6 Å². The molecule has 1 aliphatic rings. The normalized spacial score (nSPS) is 13.5. The summed E-state index contributed by atoms with van der Waals surface area (Å²) < 4.78 is 5.98. The quantitative estimate of drug-likeness (QED) is 0.627. The van der Waals surface area contributed by atoms with E-state index in [4.69, 9.17) is 16.3 Å². The number of aryl methyl sites for hydroxylation is 1. The molecule has 1 amide bonds. The number of hydrogen-bond acceptors (Lipinski definition) is 7. The van der Waals surface area contributed by atoms with Gasteiger partial charge in [-0.1, -0.05) is 17.7 Å². The van der Waals surface area contributed by atoms with Crippen LogP contribution in [0.25, 0.3) is 0 Å². The van der Waals surface area contributed by atoms with Gasteiger partial charge in [-0.2, -0.15) is 4.98 Å². The highest BCUT2D eigenvalue weighted by atomic mass is 35.5. The van der Waals surface area contributed by atoms with Gasteiger partial charge < -0.3 is 20.3 Å². The number of aromatic nitrogens is 3. The number of amides is 1. The Labute approximate surface area is 179 Å². The smallest absolute Gasteiger partial charge is 0.251 e. The molecular weight excluding hydrogens is 404 g/mol. The van der Waals surface area contributed by atoms with Gasteiger partial charge in [0.1, 0.15) is 18.2 Å². The largest absolute Gasteiger partial charge is 0.487 e. The molecule has 0 aliphatic carbocycles. The third-order valence-corrected chi connectivity index (χ3v) is 5.15. The minimum atomic E-state index is -0.155. The number of halogens is 1. The lowest BCUT2D eigenvalue weighted by Gasteiger charge is -2.38. The first kappa shape index (κ1) is 19.9. The number of rotatable bonds is 6. The van der Waals surface area contributed by atoms with Crippen LogP contribution in [-0.4, -0.2) is 47.1 Å². The maximum absolute atomic E-state index is 11.8. The summed E-state index contributed by atoms with van der Waals surface area (Å²) in [7, 11) is 1.60. The minimum absolute atomic E-state index is 0.0583. The molecule has 30 heavy (non-hydrogen) atoms. The van der Waals surface area contributed by atoms with Crippen LogP contribution in [0.2, 0.25) is 5.02 Å². The van der Waals surface area contributed by atoms with Crippen LogP contribution in [0.1, 0.15) is 15.9 Å². The molecule has 9 heteroatoms. The van der Waals surface area contributed by atoms with Gasteiger partial charge in [0, 0.05) is 23.3 Å². The molecule has 0 atom stereocenters. The lowest BCUT2D eigenvalue weighted by atomic mass is 10.1. The number of ether oxygens (including phenoxy) is 1. The van der Waals surface area contributed by atoms with E-state index in [1.165, 1.54) is 6.33 Å². The average molecular weight is 425 g/mol. The number of nitrogens with zero attached hydrogens (tertiary/aromatic N) is 4. The highest BCUT2D eigenvalue weighted by molar-refractivity contribution is 6.31. The van der Waals surface area contributed by atoms with Gasteiger partial charge in [0.2, 0.25) is 11.9 Å². The van der Waals surface area contributed by atoms with E-state index < -0.39 is 0 Å². The van der Waals surface area contributed by atoms with E-state index in [9.17, 15) is 4.79 Å². The monoisotopic (exact) mass is 424 g/mol. The van der Waals surface area contributed by atoms with Crippen LogP contribution < -0.4 is 20.3 Å². The Morgan fingerprint density at radius 3 is 2.80 bits per heavy atom. The molecule has 8 nitrogen and oxygen atoms in total. The topological polar surface area (TPSA) is 92.3 Å². The van der Waals surface area contributed by atoms with Crippen LogP contribution in [0.4, 0.5) is 17.6 Å². The predicted molar refractivity (Wildman–Crippen MR) is 116 cm³/mol. The Hall–Kier alpha value is -3.39. The highest BCUT2D eigenvalue weighted by Crippen LogP contribution is 2.25. The zero-order valence-electron chi connectivity index (χ0n) is 16.6. The second kappa shape index (κ2) is 8.54. The van der Waals surface area contributed by atoms with Crippen LogP contribution in [0.15, 0.2) is 48.8 Å². The predicted octanol–water partition coefficient (Wildman–Crippen LogP) is 3.20. The van der Waals surface area contributed by atoms with Gasteiger partial charge in [0.25, 0.3) is 5.91 Å². The van der Waals surface area contributed by atoms with Crippen LogP contribution in [0.3, 0.4) is 0 Å². The molecule has 1 fully saturated rings. The first-order chi connectivity index (χ1) is 14.5. The molecule has 0 unspecified atom stereocenters. The van der Waals surface area contributed by atoms with E-state index in [0.29, 0.717) is 30.5 Å². The fourth-order valence-corrected chi connectivity index (χ4v) is 3.19. The van der Waals surface area contributed by atoms with Gasteiger partial charge in [-0.05, 0) is 48.9 Å². The van der Waals surface area contributed by atoms with Crippen LogP contribution in [-0.2, 0) is 0 Å². The van der Waals surface area contributed by atoms with Gasteiger partial charge >= 0.3 is 0 Å². The Morgan fingerprint density at radius 2 is 2.03 bits per heavy atom. The number of carbonyl (C=O) groups excluding carboxylic acids is 1. The fourth-order valence-electron chi connectivity index (χ4n) is 3.07. The summed E-state index contributed by atoms with van der Waals surface area (Å²) in [6, 6.07) is 12.8. The molecule has 4 rings (SSSR count). The Bertz CT molecular complexity index is 1070. The molecule has 0 bridgehead atoms. The zero-order valence-corrected chi connectivity index (χ0v) is 17.3. The summed E-state index contributed by atoms with van der Waals surface area (Å²) in [6.45, 7) is 3.31. The van der Waals surface area contributed by atoms with Gasteiger partial charge in [0.05, 0.1) is 13.1 Å². The summed E-state index contributed by atoms with van der Waals surface area (Å²) in [6.07, 6.45) is 1.52. The summed E-state index contributed by atoms with van der Waals surface area (Å²) in [5.74, 6) is 1.63. The number of hydrogen-bond donors (Lipinski definition) is 2. The lowest BCUT2D eigenvalue weighted by Crippen LogP contribution is -2.54. The van der Waals surface area contributed by atoms with Crippen LogP contribution in [0.5, 0.6) is 5.75 Å². The third kappa shape index (κ3) is 4.44. The van der Waals surface area contributed by atoms with Crippen molar-refractivity contribution < 1.29 is 9.53 Å². The summed E-state index contributed by atoms with van der Waals surface area (Å²) >= 11 is 6.06. The number of anilines is 3. The van der Waals surface area contributed by atoms with Crippen molar-refractivity contribution in [2.24, 2.45) is 0 Å². The zero-order chi connectivity index (χ0) is 21.1. The second-order valence-electron chi connectivity index (χ2n) is 6.95. The van der Waals surface area contributed by atoms with Crippen molar-refractivity contribution in [2.45, 2.75) is 13.0 Å². The molecule has 2 heterocycles. The first-order valence-electron chi connectivity index (χ1n) is 9.48. The average Bonchev–Trinajstić information content (AvgIpc) is 2.72. The number of benzene rings is 2. The van der Waals surface area contributed by atoms with Gasteiger partial charge in [-0.3, -0.25) is 4.79 Å². The van der Waals surface area contributed by atoms with Crippen molar-refractivity contribution in [1.29, 1.82) is 0 Å². The van der Waals surface area contributed by atoms with Crippen molar-refractivity contribution in [3.8, 4) is 5.75 Å². The summed E-state index contributed by atoms with van der Waals surface area (Å²) in [5.41, 5.74) is 2.26. The molecule has 1 saturated heterocycles. The Kier molecular flexibility index (Phi) is 5.67. The van der Waals surface area contributed by atoms with E-state index in [0.717, 1.165) is 22.0 Å². The molecular formula is C21H21ClN6O2. The highest BCUT2D eigenvalue weighted by Gasteiger charge is 2.30. The maximum atomic E-state index is 11.8. The summed E-state index contributed by atoms with van der Waals surface area (Å²) in [4.78, 5) is 26.7. The molecule has 1 aliphatic heterocycles. The minimum Gasteiger partial charge on any atom is -0.487 e. The Morgan fingerprint density at radius 1 is 1.20 bits per heavy atom. The van der Waals surface area contributed by atoms with Gasteiger partial charge in [0.15, 0.2) is 0 Å². The van der Waals surface area contributed by atoms with Crippen LogP contribution in [0, 0.1) is 6.92 Å².